The molecule has 5 atom stereocenters. The van der Waals surface area contributed by atoms with Crippen LogP contribution in [0, 0.1) is 17.2 Å². The van der Waals surface area contributed by atoms with Crippen LogP contribution in [0.25, 0.3) is 0 Å². The van der Waals surface area contributed by atoms with Gasteiger partial charge in [0.05, 0.1) is 30.3 Å². The molecule has 1 heterocycles. The lowest BCUT2D eigenvalue weighted by molar-refractivity contribution is -0.191. The van der Waals surface area contributed by atoms with E-state index in [4.69, 9.17) is 16.0 Å². The van der Waals surface area contributed by atoms with Gasteiger partial charge >= 0.3 is 0 Å². The Labute approximate surface area is 225 Å². The minimum absolute atomic E-state index is 0.0356. The Balaban J connectivity index is 1.70. The van der Waals surface area contributed by atoms with E-state index >= 15 is 0 Å². The fourth-order valence-electron chi connectivity index (χ4n) is 7.07. The van der Waals surface area contributed by atoms with Gasteiger partial charge in [-0.3, -0.25) is 24.7 Å². The van der Waals surface area contributed by atoms with Crippen molar-refractivity contribution in [2.24, 2.45) is 17.6 Å². The number of allylic oxidation sites excluding steroid dienone is 1. The lowest BCUT2D eigenvalue weighted by atomic mass is 9.53. The third kappa shape index (κ3) is 3.55. The van der Waals surface area contributed by atoms with Crippen LogP contribution in [-0.2, 0) is 22.6 Å². The smallest absolute Gasteiger partial charge is 0.251 e. The van der Waals surface area contributed by atoms with Gasteiger partial charge in [-0.1, -0.05) is 13.0 Å². The fraction of sp³-hybridized carbons (Fsp3) is 0.519. The van der Waals surface area contributed by atoms with Gasteiger partial charge in [0, 0.05) is 17.9 Å². The second-order valence-electron chi connectivity index (χ2n) is 11.0. The first-order chi connectivity index (χ1) is 18.3. The number of phenolic OH excluding ortho intramolecular Hbond substituents is 1. The van der Waals surface area contributed by atoms with Gasteiger partial charge in [-0.05, 0) is 56.5 Å². The molecule has 1 aromatic carbocycles. The van der Waals surface area contributed by atoms with Crippen LogP contribution in [-0.4, -0.2) is 91.0 Å². The molecule has 1 aliphatic heterocycles. The molecule has 5 rings (SSSR count). The fourth-order valence-corrected chi connectivity index (χ4v) is 7.07. The van der Waals surface area contributed by atoms with E-state index in [0.29, 0.717) is 30.0 Å². The molecular formula is C27H34N4O8. The molecule has 4 aliphatic rings. The van der Waals surface area contributed by atoms with Gasteiger partial charge in [0.1, 0.15) is 28.7 Å². The molecule has 8 N–H and O–H groups in total. The average Bonchev–Trinajstić information content (AvgIpc) is 3.26. The Morgan fingerprint density at radius 2 is 1.95 bits per heavy atom. The summed E-state index contributed by atoms with van der Waals surface area (Å²) in [7, 11) is 3.24. The molecule has 1 fully saturated rings. The summed E-state index contributed by atoms with van der Waals surface area (Å²) in [5, 5.41) is 67.0. The number of primary amides is 1. The number of amidine groups is 1. The highest BCUT2D eigenvalue weighted by molar-refractivity contribution is 6.13. The quantitative estimate of drug-likeness (QED) is 0.279. The Bertz CT molecular complexity index is 1350. The molecule has 1 saturated heterocycles. The zero-order valence-corrected chi connectivity index (χ0v) is 22.1. The van der Waals surface area contributed by atoms with Crippen molar-refractivity contribution < 1.29 is 40.0 Å². The summed E-state index contributed by atoms with van der Waals surface area (Å²) < 4.78 is 0. The van der Waals surface area contributed by atoms with Crippen molar-refractivity contribution in [3.63, 3.8) is 0 Å². The van der Waals surface area contributed by atoms with E-state index in [0.717, 1.165) is 0 Å². The molecule has 0 aromatic heterocycles. The van der Waals surface area contributed by atoms with Crippen molar-refractivity contribution in [3.05, 3.63) is 51.5 Å². The largest absolute Gasteiger partial charge is 0.510 e. The summed E-state index contributed by atoms with van der Waals surface area (Å²) in [6.07, 6.45) is 0.426. The summed E-state index contributed by atoms with van der Waals surface area (Å²) in [6, 6.07) is 2.02. The van der Waals surface area contributed by atoms with Crippen LogP contribution in [0.3, 0.4) is 0 Å². The van der Waals surface area contributed by atoms with Crippen molar-refractivity contribution >= 4 is 17.5 Å². The molecule has 0 bridgehead atoms. The number of nitrogens with zero attached hydrogens (tertiary/aromatic N) is 2. The van der Waals surface area contributed by atoms with Gasteiger partial charge in [0.15, 0.2) is 11.4 Å². The maximum Gasteiger partial charge on any atom is 0.251 e. The van der Waals surface area contributed by atoms with Gasteiger partial charge in [0.25, 0.3) is 5.91 Å². The number of aliphatic hydroxyl groups is 4. The number of rotatable bonds is 5. The number of aliphatic hydroxyl groups excluding tert-OH is 2. The molecule has 3 aliphatic carbocycles. The third-order valence-corrected chi connectivity index (χ3v) is 8.89. The van der Waals surface area contributed by atoms with Crippen LogP contribution in [0.1, 0.15) is 47.7 Å². The van der Waals surface area contributed by atoms with Crippen LogP contribution < -0.4 is 5.73 Å². The molecule has 0 spiro atoms. The Hall–Kier alpha value is -3.45. The first-order valence-electron chi connectivity index (χ1n) is 12.9. The number of benzene rings is 1. The number of carbonyl (C=O) groups excluding carboxylic acids is 2. The van der Waals surface area contributed by atoms with E-state index in [1.54, 1.807) is 25.1 Å². The van der Waals surface area contributed by atoms with Crippen molar-refractivity contribution in [2.75, 3.05) is 20.7 Å². The molecule has 0 saturated carbocycles. The molecule has 12 nitrogen and oxygen atoms in total. The topological polar surface area (TPSA) is 201 Å². The Morgan fingerprint density at radius 1 is 1.26 bits per heavy atom. The monoisotopic (exact) mass is 542 g/mol. The molecular weight excluding hydrogens is 508 g/mol. The summed E-state index contributed by atoms with van der Waals surface area (Å²) >= 11 is 0. The van der Waals surface area contributed by atoms with Gasteiger partial charge in [0.2, 0.25) is 0 Å². The lowest BCUT2D eigenvalue weighted by Crippen LogP contribution is -2.71. The van der Waals surface area contributed by atoms with E-state index in [1.807, 2.05) is 0 Å². The summed E-state index contributed by atoms with van der Waals surface area (Å²) in [5.41, 5.74) is 0.937. The molecule has 39 heavy (non-hydrogen) atoms. The number of nitrogens with one attached hydrogen (secondary N) is 1. The van der Waals surface area contributed by atoms with Crippen molar-refractivity contribution in [3.8, 4) is 5.75 Å². The zero-order chi connectivity index (χ0) is 28.6. The Morgan fingerprint density at radius 3 is 2.51 bits per heavy atom. The number of fused-ring (bicyclic) bond motifs is 3. The van der Waals surface area contributed by atoms with Crippen LogP contribution in [0.15, 0.2) is 34.8 Å². The number of hydrogen-bond donors (Lipinski definition) is 7. The van der Waals surface area contributed by atoms with E-state index in [1.165, 1.54) is 18.1 Å². The van der Waals surface area contributed by atoms with Gasteiger partial charge < -0.3 is 31.3 Å². The van der Waals surface area contributed by atoms with Crippen LogP contribution >= 0.6 is 0 Å². The maximum absolute atomic E-state index is 13.9. The maximum atomic E-state index is 13.9. The number of likely N-dealkylation sites (N-methyl/N-ethyl adjacent to an activating group) is 1. The lowest BCUT2D eigenvalue weighted by Gasteiger charge is -2.57. The number of hydroxylamine groups is 2. The average molecular weight is 543 g/mol. The second kappa shape index (κ2) is 9.05. The number of Topliss-reactive ketones (excluding diaryl/α,β-unsaturated/α-hetero) is 1. The van der Waals surface area contributed by atoms with Crippen molar-refractivity contribution in [1.29, 1.82) is 5.41 Å². The highest BCUT2D eigenvalue weighted by atomic mass is 16.7. The van der Waals surface area contributed by atoms with Crippen molar-refractivity contribution in [2.45, 2.75) is 56.4 Å². The molecule has 1 aromatic rings. The minimum Gasteiger partial charge on any atom is -0.510 e. The van der Waals surface area contributed by atoms with Crippen molar-refractivity contribution in [1.82, 2.24) is 9.96 Å². The highest BCUT2D eigenvalue weighted by Gasteiger charge is 2.69. The number of carbonyl (C=O) groups is 2. The number of amides is 1. The van der Waals surface area contributed by atoms with Gasteiger partial charge in [-0.15, -0.1) is 0 Å². The first-order valence-corrected chi connectivity index (χ1v) is 12.9. The number of hydrogen-bond acceptors (Lipinski definition) is 10. The SMILES string of the molecule is CC[C@]1(O)C(C(N)=O)=C(O)[C@@H](N(C)C)[C@@H]2C[C@@H]3Cc4c(CN5OCCC5=N)ccc(O)c4C(=O)C3=C(O)[C@@]21O. The summed E-state index contributed by atoms with van der Waals surface area (Å²) in [5.74, 6) is -4.83. The molecule has 210 valence electrons. The number of ketones is 1. The van der Waals surface area contributed by atoms with E-state index in [2.05, 4.69) is 0 Å². The predicted octanol–water partition coefficient (Wildman–Crippen LogP) is 0.807. The van der Waals surface area contributed by atoms with E-state index in [-0.39, 0.29) is 42.7 Å². The number of nitrogens with two attached hydrogens (primary N) is 1. The molecule has 0 unspecified atom stereocenters. The molecule has 12 heteroatoms. The van der Waals surface area contributed by atoms with Crippen LogP contribution in [0.5, 0.6) is 5.75 Å². The standard InChI is InChI=1S/C27H34N4O8/c1-4-26(37)20(25(29)36)23(34)21(30(2)3)15-10-13-9-14-12(11-31-17(28)7-8-39-31)5-6-16(32)19(14)22(33)18(13)24(35)27(15,26)38/h5-6,13,15,21,28,32,34-35,37-38H,4,7-11H2,1-3H3,(H2,29,36)/t13-,15-,21-,26-,27-/m0/s1. The van der Waals surface area contributed by atoms with Crippen LogP contribution in [0.2, 0.25) is 0 Å². The normalized spacial score (nSPS) is 32.5. The van der Waals surface area contributed by atoms with Gasteiger partial charge in [-0.2, -0.15) is 0 Å². The number of phenols is 1. The van der Waals surface area contributed by atoms with Crippen LogP contribution in [0.4, 0.5) is 0 Å². The number of aromatic hydroxyl groups is 1. The van der Waals surface area contributed by atoms with E-state index < -0.39 is 57.9 Å². The summed E-state index contributed by atoms with van der Waals surface area (Å²) in [6.45, 7) is 2.03. The molecule has 1 amide bonds. The minimum atomic E-state index is -2.53. The third-order valence-electron chi connectivity index (χ3n) is 8.89. The zero-order valence-electron chi connectivity index (χ0n) is 22.1. The Kier molecular flexibility index (Phi) is 6.30. The molecule has 0 radical (unpaired) electrons. The van der Waals surface area contributed by atoms with Gasteiger partial charge in [-0.25, -0.2) is 5.06 Å². The predicted molar refractivity (Wildman–Crippen MR) is 138 cm³/mol. The van der Waals surface area contributed by atoms with E-state index in [9.17, 15) is 35.1 Å². The summed E-state index contributed by atoms with van der Waals surface area (Å²) in [4.78, 5) is 33.5. The highest BCUT2D eigenvalue weighted by Crippen LogP contribution is 2.57. The first kappa shape index (κ1) is 27.1. The second-order valence-corrected chi connectivity index (χ2v) is 11.0.